The van der Waals surface area contributed by atoms with Crippen LogP contribution >= 0.6 is 45.9 Å². The van der Waals surface area contributed by atoms with Crippen molar-refractivity contribution in [3.63, 3.8) is 0 Å². The molecular formula is C28H34Cl2N6OS2. The quantitative estimate of drug-likeness (QED) is 0.294. The average molecular weight is 606 g/mol. The molecule has 0 bridgehead atoms. The summed E-state index contributed by atoms with van der Waals surface area (Å²) >= 11 is 15.8. The van der Waals surface area contributed by atoms with Crippen LogP contribution in [0.4, 0.5) is 16.0 Å². The molecule has 3 aromatic rings. The van der Waals surface area contributed by atoms with Crippen LogP contribution in [0.2, 0.25) is 10.0 Å². The predicted octanol–water partition coefficient (Wildman–Crippen LogP) is 7.35. The molecule has 3 aromatic heterocycles. The molecule has 39 heavy (non-hydrogen) atoms. The summed E-state index contributed by atoms with van der Waals surface area (Å²) in [5, 5.41) is 10.8. The molecule has 1 amide bonds. The van der Waals surface area contributed by atoms with E-state index in [1.54, 1.807) is 28.7 Å². The predicted molar refractivity (Wildman–Crippen MR) is 164 cm³/mol. The number of hydrogen-bond acceptors (Lipinski definition) is 8. The van der Waals surface area contributed by atoms with Crippen LogP contribution in [-0.4, -0.2) is 59.5 Å². The lowest BCUT2D eigenvalue weighted by Gasteiger charge is -2.41. The summed E-state index contributed by atoms with van der Waals surface area (Å²) in [5.74, 6) is 1.67. The minimum atomic E-state index is -0.276. The highest BCUT2D eigenvalue weighted by Crippen LogP contribution is 2.45. The third-order valence-electron chi connectivity index (χ3n) is 8.29. The summed E-state index contributed by atoms with van der Waals surface area (Å²) in [6.45, 7) is 7.16. The van der Waals surface area contributed by atoms with Gasteiger partial charge < -0.3 is 15.1 Å². The van der Waals surface area contributed by atoms with Crippen molar-refractivity contribution < 1.29 is 4.79 Å². The molecule has 0 radical (unpaired) electrons. The summed E-state index contributed by atoms with van der Waals surface area (Å²) < 4.78 is 0. The van der Waals surface area contributed by atoms with E-state index in [4.69, 9.17) is 28.2 Å². The molecule has 2 aliphatic heterocycles. The highest BCUT2D eigenvalue weighted by atomic mass is 35.5. The molecule has 7 nitrogen and oxygen atoms in total. The van der Waals surface area contributed by atoms with Gasteiger partial charge in [0.1, 0.15) is 16.5 Å². The summed E-state index contributed by atoms with van der Waals surface area (Å²) in [5.41, 5.74) is 1.29. The number of thiazole rings is 1. The first-order valence-electron chi connectivity index (χ1n) is 13.9. The Labute approximate surface area is 247 Å². The minimum absolute atomic E-state index is 0.276. The third-order valence-corrected chi connectivity index (χ3v) is 10.9. The maximum absolute atomic E-state index is 13.1. The number of nitrogens with zero attached hydrogens (tertiary/aromatic N) is 4. The number of amides is 1. The molecule has 1 aliphatic carbocycles. The van der Waals surface area contributed by atoms with Gasteiger partial charge >= 0.3 is 0 Å². The summed E-state index contributed by atoms with van der Waals surface area (Å²) in [6, 6.07) is 4.38. The van der Waals surface area contributed by atoms with E-state index in [0.717, 1.165) is 34.7 Å². The molecule has 1 saturated carbocycles. The Hall–Kier alpha value is -1.91. The van der Waals surface area contributed by atoms with Crippen molar-refractivity contribution in [3.05, 3.63) is 39.3 Å². The standard InChI is InChI=1S/C28H34Cl2N6OS2/c1-2-31-25-22(30)10-18(12-32-25)26(37)34-28-33-24(23-11-20(29)16-38-23)27(39-28)36-13-17-8-9-35(14-19(17)15-36)21-6-4-3-5-7-21/h10-12,16-17,19,21H,2-9,13-15H2,1H3,(H,31,32)(H,33,34,37). The number of rotatable bonds is 7. The Kier molecular flexibility index (Phi) is 8.33. The lowest BCUT2D eigenvalue weighted by Crippen LogP contribution is -2.46. The third kappa shape index (κ3) is 5.93. The Morgan fingerprint density at radius 3 is 2.67 bits per heavy atom. The van der Waals surface area contributed by atoms with E-state index >= 15 is 0 Å². The van der Waals surface area contributed by atoms with Gasteiger partial charge in [0.05, 0.1) is 20.5 Å². The van der Waals surface area contributed by atoms with E-state index in [1.165, 1.54) is 57.8 Å². The van der Waals surface area contributed by atoms with Gasteiger partial charge in [0.15, 0.2) is 5.13 Å². The maximum atomic E-state index is 13.1. The first-order valence-corrected chi connectivity index (χ1v) is 16.4. The number of pyridine rings is 1. The van der Waals surface area contributed by atoms with E-state index in [0.29, 0.717) is 44.9 Å². The highest BCUT2D eigenvalue weighted by molar-refractivity contribution is 7.21. The molecule has 3 fully saturated rings. The number of likely N-dealkylation sites (tertiary alicyclic amines) is 1. The number of fused-ring (bicyclic) bond motifs is 1. The van der Waals surface area contributed by atoms with Crippen molar-refractivity contribution in [2.45, 2.75) is 51.5 Å². The summed E-state index contributed by atoms with van der Waals surface area (Å²) in [4.78, 5) is 28.6. The molecular weight excluding hydrogens is 571 g/mol. The number of aromatic nitrogens is 2. The summed E-state index contributed by atoms with van der Waals surface area (Å²) in [7, 11) is 0. The van der Waals surface area contributed by atoms with Gasteiger partial charge in [0.25, 0.3) is 5.91 Å². The fourth-order valence-corrected chi connectivity index (χ4v) is 8.70. The van der Waals surface area contributed by atoms with Gasteiger partial charge in [-0.15, -0.1) is 11.3 Å². The van der Waals surface area contributed by atoms with Crippen LogP contribution in [0, 0.1) is 11.8 Å². The SMILES string of the molecule is CCNc1ncc(C(=O)Nc2nc(-c3cc(Cl)cs3)c(N3CC4CCN(C5CCCCC5)CC4C3)s2)cc1Cl. The number of nitrogens with one attached hydrogen (secondary N) is 2. The monoisotopic (exact) mass is 604 g/mol. The second kappa shape index (κ2) is 11.9. The normalized spacial score (nSPS) is 22.2. The van der Waals surface area contributed by atoms with E-state index < -0.39 is 0 Å². The van der Waals surface area contributed by atoms with Gasteiger partial charge in [0.2, 0.25) is 0 Å². The van der Waals surface area contributed by atoms with E-state index in [-0.39, 0.29) is 5.91 Å². The molecule has 5 heterocycles. The number of carbonyl (C=O) groups excluding carboxylic acids is 1. The number of piperidine rings is 1. The molecule has 3 aliphatic rings. The zero-order valence-electron chi connectivity index (χ0n) is 22.1. The smallest absolute Gasteiger partial charge is 0.259 e. The average Bonchev–Trinajstić information content (AvgIpc) is 3.67. The van der Waals surface area contributed by atoms with E-state index in [1.807, 2.05) is 18.4 Å². The van der Waals surface area contributed by atoms with Crippen LogP contribution < -0.4 is 15.5 Å². The first-order chi connectivity index (χ1) is 19.0. The number of hydrogen-bond donors (Lipinski definition) is 2. The van der Waals surface area contributed by atoms with Crippen LogP contribution in [0.25, 0.3) is 10.6 Å². The number of thiophene rings is 1. The second-order valence-electron chi connectivity index (χ2n) is 10.8. The largest absolute Gasteiger partial charge is 0.369 e. The number of carbonyl (C=O) groups is 1. The topological polar surface area (TPSA) is 73.4 Å². The van der Waals surface area contributed by atoms with Crippen LogP contribution in [0.1, 0.15) is 55.8 Å². The van der Waals surface area contributed by atoms with E-state index in [2.05, 4.69) is 25.4 Å². The van der Waals surface area contributed by atoms with Crippen molar-refractivity contribution in [2.75, 3.05) is 48.3 Å². The Bertz CT molecular complexity index is 1320. The van der Waals surface area contributed by atoms with Crippen molar-refractivity contribution in [3.8, 4) is 10.6 Å². The van der Waals surface area contributed by atoms with Gasteiger partial charge in [-0.2, -0.15) is 0 Å². The molecule has 2 atom stereocenters. The Balaban J connectivity index is 1.21. The maximum Gasteiger partial charge on any atom is 0.259 e. The Morgan fingerprint density at radius 1 is 1.10 bits per heavy atom. The lowest BCUT2D eigenvalue weighted by atomic mass is 9.85. The molecule has 2 saturated heterocycles. The van der Waals surface area contributed by atoms with Crippen molar-refractivity contribution in [1.29, 1.82) is 0 Å². The van der Waals surface area contributed by atoms with Gasteiger partial charge in [-0.05, 0) is 56.7 Å². The molecule has 6 rings (SSSR count). The molecule has 2 N–H and O–H groups in total. The zero-order valence-corrected chi connectivity index (χ0v) is 25.2. The van der Waals surface area contributed by atoms with Gasteiger partial charge in [-0.3, -0.25) is 10.1 Å². The van der Waals surface area contributed by atoms with Crippen LogP contribution in [-0.2, 0) is 0 Å². The fourth-order valence-electron chi connectivity index (χ4n) is 6.35. The van der Waals surface area contributed by atoms with Crippen LogP contribution in [0.15, 0.2) is 23.7 Å². The minimum Gasteiger partial charge on any atom is -0.369 e. The van der Waals surface area contributed by atoms with Gasteiger partial charge in [-0.1, -0.05) is 53.8 Å². The van der Waals surface area contributed by atoms with Crippen LogP contribution in [0.3, 0.4) is 0 Å². The number of anilines is 3. The van der Waals surface area contributed by atoms with Crippen LogP contribution in [0.5, 0.6) is 0 Å². The molecule has 0 aromatic carbocycles. The van der Waals surface area contributed by atoms with Crippen molar-refractivity contribution in [1.82, 2.24) is 14.9 Å². The van der Waals surface area contributed by atoms with Crippen molar-refractivity contribution in [2.24, 2.45) is 11.8 Å². The molecule has 208 valence electrons. The molecule has 0 spiro atoms. The summed E-state index contributed by atoms with van der Waals surface area (Å²) in [6.07, 6.45) is 9.68. The van der Waals surface area contributed by atoms with E-state index in [9.17, 15) is 4.79 Å². The van der Waals surface area contributed by atoms with Gasteiger partial charge in [0, 0.05) is 43.8 Å². The molecule has 2 unspecified atom stereocenters. The lowest BCUT2D eigenvalue weighted by molar-refractivity contribution is 0.0831. The number of halogens is 2. The highest BCUT2D eigenvalue weighted by Gasteiger charge is 2.40. The van der Waals surface area contributed by atoms with Gasteiger partial charge in [-0.25, -0.2) is 9.97 Å². The zero-order chi connectivity index (χ0) is 26.9. The Morgan fingerprint density at radius 2 is 1.92 bits per heavy atom. The molecule has 11 heteroatoms. The fraction of sp³-hybridized carbons (Fsp3) is 0.536. The first kappa shape index (κ1) is 27.3. The van der Waals surface area contributed by atoms with Crippen molar-refractivity contribution >= 4 is 67.7 Å². The second-order valence-corrected chi connectivity index (χ2v) is 13.6.